The second kappa shape index (κ2) is 7.30. The van der Waals surface area contributed by atoms with Gasteiger partial charge in [-0.3, -0.25) is 14.3 Å². The molecule has 1 N–H and O–H groups in total. The van der Waals surface area contributed by atoms with Crippen molar-refractivity contribution in [1.29, 1.82) is 0 Å². The van der Waals surface area contributed by atoms with Gasteiger partial charge in [0.1, 0.15) is 5.15 Å². The Morgan fingerprint density at radius 3 is 2.60 bits per heavy atom. The summed E-state index contributed by atoms with van der Waals surface area (Å²) < 4.78 is 2.80. The lowest BCUT2D eigenvalue weighted by molar-refractivity contribution is -0.119. The van der Waals surface area contributed by atoms with Crippen LogP contribution in [0.15, 0.2) is 4.79 Å². The van der Waals surface area contributed by atoms with Crippen LogP contribution in [0.5, 0.6) is 0 Å². The van der Waals surface area contributed by atoms with Crippen molar-refractivity contribution in [3.63, 3.8) is 0 Å². The molecule has 0 aromatic carbocycles. The van der Waals surface area contributed by atoms with Crippen molar-refractivity contribution < 1.29 is 4.79 Å². The summed E-state index contributed by atoms with van der Waals surface area (Å²) in [6, 6.07) is 0. The fraction of sp³-hybridized carbons (Fsp3) is 0.500. The lowest BCUT2D eigenvalue weighted by Gasteiger charge is -2.12. The van der Waals surface area contributed by atoms with Crippen LogP contribution in [0.3, 0.4) is 0 Å². The molecule has 0 unspecified atom stereocenters. The van der Waals surface area contributed by atoms with Gasteiger partial charge in [-0.15, -0.1) is 11.3 Å². The molecule has 7 heteroatoms. The number of nitrogens with zero attached hydrogens (tertiary/aromatic N) is 2. The third-order valence-electron chi connectivity index (χ3n) is 3.60. The summed E-state index contributed by atoms with van der Waals surface area (Å²) in [5.74, 6) is 0.384. The van der Waals surface area contributed by atoms with E-state index in [0.717, 1.165) is 11.3 Å². The molecule has 136 valence electrons. The lowest BCUT2D eigenvalue weighted by Crippen LogP contribution is -2.22. The Morgan fingerprint density at radius 1 is 1.40 bits per heavy atom. The minimum Gasteiger partial charge on any atom is -0.313 e. The second-order valence-corrected chi connectivity index (χ2v) is 9.00. The van der Waals surface area contributed by atoms with Crippen LogP contribution >= 0.6 is 22.9 Å². The number of carbonyl (C=O) groups is 1. The topological polar surface area (TPSA) is 67.8 Å². The predicted octanol–water partition coefficient (Wildman–Crippen LogP) is 2.48. The number of hydrogen-bond acceptors (Lipinski definition) is 4. The number of aromatic nitrogens is 3. The van der Waals surface area contributed by atoms with E-state index in [-0.39, 0.29) is 11.3 Å². The third kappa shape index (κ3) is 4.70. The zero-order chi connectivity index (χ0) is 18.9. The molecule has 0 saturated carbocycles. The molecule has 0 amide bonds. The van der Waals surface area contributed by atoms with E-state index >= 15 is 0 Å². The predicted molar refractivity (Wildman–Crippen MR) is 103 cm³/mol. The first kappa shape index (κ1) is 19.7. The highest BCUT2D eigenvalue weighted by atomic mass is 35.5. The van der Waals surface area contributed by atoms with Crippen molar-refractivity contribution in [3.8, 4) is 0 Å². The van der Waals surface area contributed by atoms with Gasteiger partial charge in [-0.1, -0.05) is 46.2 Å². The van der Waals surface area contributed by atoms with Crippen LogP contribution < -0.4 is 14.8 Å². The fourth-order valence-electron chi connectivity index (χ4n) is 2.19. The molecule has 2 aromatic heterocycles. The first-order valence-corrected chi connectivity index (χ1v) is 9.38. The second-order valence-electron chi connectivity index (χ2n) is 7.55. The van der Waals surface area contributed by atoms with Gasteiger partial charge in [0.25, 0.3) is 5.56 Å². The Hall–Kier alpha value is -1.66. The number of aromatic amines is 1. The van der Waals surface area contributed by atoms with Crippen molar-refractivity contribution in [1.82, 2.24) is 14.8 Å². The number of rotatable bonds is 4. The minimum absolute atomic E-state index is 0.0319. The van der Waals surface area contributed by atoms with Crippen LogP contribution in [0.2, 0.25) is 5.15 Å². The Labute approximate surface area is 156 Å². The highest BCUT2D eigenvalue weighted by Crippen LogP contribution is 2.21. The number of hydrogen-bond donors (Lipinski definition) is 1. The van der Waals surface area contributed by atoms with E-state index in [9.17, 15) is 9.59 Å². The summed E-state index contributed by atoms with van der Waals surface area (Å²) in [7, 11) is 0. The summed E-state index contributed by atoms with van der Waals surface area (Å²) in [5.41, 5.74) is 0.797. The van der Waals surface area contributed by atoms with Gasteiger partial charge in [0, 0.05) is 23.6 Å². The highest BCUT2D eigenvalue weighted by Gasteiger charge is 2.19. The molecule has 0 bridgehead atoms. The van der Waals surface area contributed by atoms with Gasteiger partial charge in [0.2, 0.25) is 0 Å². The smallest absolute Gasteiger partial charge is 0.266 e. The number of Topliss-reactive ketones (excluding diaryl/α,β-unsaturated/α-hetero) is 1. The SMILES string of the molecule is Cc1nn(CC(C)C)c(Cl)c1C=c1sc(=CC(=O)C(C)(C)C)[nH]c1=O. The number of ketones is 1. The maximum Gasteiger partial charge on any atom is 0.266 e. The normalized spacial score (nSPS) is 13.9. The standard InChI is InChI=1S/C18H24ClN3O2S/c1-10(2)9-22-16(19)12(11(3)21-22)7-13-17(24)20-15(25-13)8-14(23)18(4,5)6/h7-8,10H,9H2,1-6H3,(H,20,24). The Morgan fingerprint density at radius 2 is 2.04 bits per heavy atom. The molecule has 0 aliphatic heterocycles. The van der Waals surface area contributed by atoms with E-state index in [4.69, 9.17) is 11.6 Å². The minimum atomic E-state index is -0.483. The van der Waals surface area contributed by atoms with Gasteiger partial charge in [0.15, 0.2) is 5.78 Å². The van der Waals surface area contributed by atoms with E-state index in [1.807, 2.05) is 27.7 Å². The number of aryl methyl sites for hydroxylation is 1. The summed E-state index contributed by atoms with van der Waals surface area (Å²) in [5, 5.41) is 4.97. The summed E-state index contributed by atoms with van der Waals surface area (Å²) in [4.78, 5) is 27.0. The molecular weight excluding hydrogens is 358 g/mol. The number of halogens is 1. The molecule has 2 rings (SSSR count). The molecule has 2 heterocycles. The van der Waals surface area contributed by atoms with Gasteiger partial charge in [0.05, 0.1) is 14.9 Å². The van der Waals surface area contributed by atoms with Crippen molar-refractivity contribution >= 4 is 40.9 Å². The molecule has 0 atom stereocenters. The first-order valence-electron chi connectivity index (χ1n) is 8.19. The molecule has 25 heavy (non-hydrogen) atoms. The zero-order valence-electron chi connectivity index (χ0n) is 15.4. The van der Waals surface area contributed by atoms with Crippen LogP contribution in [0.4, 0.5) is 0 Å². The maximum atomic E-state index is 12.2. The van der Waals surface area contributed by atoms with E-state index in [2.05, 4.69) is 23.9 Å². The largest absolute Gasteiger partial charge is 0.313 e. The number of H-pyrrole nitrogens is 1. The third-order valence-corrected chi connectivity index (χ3v) is 4.97. The van der Waals surface area contributed by atoms with E-state index in [1.165, 1.54) is 17.4 Å². The van der Waals surface area contributed by atoms with Crippen molar-refractivity contribution in [2.45, 2.75) is 48.1 Å². The Balaban J connectivity index is 2.51. The monoisotopic (exact) mass is 381 g/mol. The molecule has 0 fully saturated rings. The van der Waals surface area contributed by atoms with E-state index < -0.39 is 5.41 Å². The quantitative estimate of drug-likeness (QED) is 0.884. The number of thiazole rings is 1. The highest BCUT2D eigenvalue weighted by molar-refractivity contribution is 7.07. The fourth-order valence-corrected chi connectivity index (χ4v) is 3.35. The van der Waals surface area contributed by atoms with Crippen LogP contribution in [-0.4, -0.2) is 20.5 Å². The van der Waals surface area contributed by atoms with Crippen molar-refractivity contribution in [3.05, 3.63) is 36.0 Å². The summed E-state index contributed by atoms with van der Waals surface area (Å²) >= 11 is 7.67. The molecule has 0 radical (unpaired) electrons. The zero-order valence-corrected chi connectivity index (χ0v) is 17.0. The number of nitrogens with one attached hydrogen (secondary N) is 1. The Kier molecular flexibility index (Phi) is 5.74. The molecule has 0 aliphatic rings. The van der Waals surface area contributed by atoms with Gasteiger partial charge in [-0.2, -0.15) is 5.10 Å². The average molecular weight is 382 g/mol. The van der Waals surface area contributed by atoms with Gasteiger partial charge in [-0.25, -0.2) is 0 Å². The first-order chi connectivity index (χ1) is 11.5. The van der Waals surface area contributed by atoms with Crippen LogP contribution in [0.1, 0.15) is 45.9 Å². The molecule has 0 saturated heterocycles. The maximum absolute atomic E-state index is 12.2. The van der Waals surface area contributed by atoms with Crippen molar-refractivity contribution in [2.75, 3.05) is 0 Å². The molecule has 0 aliphatic carbocycles. The summed E-state index contributed by atoms with van der Waals surface area (Å²) in [6.45, 7) is 12.3. The molecule has 2 aromatic rings. The summed E-state index contributed by atoms with van der Waals surface area (Å²) in [6.07, 6.45) is 3.23. The Bertz CT molecular complexity index is 958. The van der Waals surface area contributed by atoms with Gasteiger partial charge >= 0.3 is 0 Å². The molecule has 5 nitrogen and oxygen atoms in total. The number of carbonyl (C=O) groups excluding carboxylic acids is 1. The van der Waals surface area contributed by atoms with Crippen molar-refractivity contribution in [2.24, 2.45) is 11.3 Å². The van der Waals surface area contributed by atoms with Crippen LogP contribution in [0.25, 0.3) is 12.2 Å². The molecule has 0 spiro atoms. The van der Waals surface area contributed by atoms with Crippen LogP contribution in [-0.2, 0) is 11.3 Å². The van der Waals surface area contributed by atoms with E-state index in [0.29, 0.717) is 26.8 Å². The van der Waals surface area contributed by atoms with Gasteiger partial charge in [-0.05, 0) is 18.9 Å². The van der Waals surface area contributed by atoms with Crippen LogP contribution in [0, 0.1) is 18.3 Å². The lowest BCUT2D eigenvalue weighted by atomic mass is 9.91. The van der Waals surface area contributed by atoms with E-state index in [1.54, 1.807) is 10.8 Å². The molecular formula is C18H24ClN3O2S. The average Bonchev–Trinajstić information content (AvgIpc) is 2.92. The van der Waals surface area contributed by atoms with Gasteiger partial charge < -0.3 is 4.98 Å².